The Bertz CT molecular complexity index is 1080. The Labute approximate surface area is 233 Å². The molecule has 0 saturated heterocycles. The highest BCUT2D eigenvalue weighted by Crippen LogP contribution is 2.68. The van der Waals surface area contributed by atoms with E-state index in [0.29, 0.717) is 35.5 Å². The van der Waals surface area contributed by atoms with Crippen LogP contribution in [-0.2, 0) is 9.59 Å². The van der Waals surface area contributed by atoms with Gasteiger partial charge in [0.25, 0.3) is 0 Å². The summed E-state index contributed by atoms with van der Waals surface area (Å²) in [5.74, 6) is 1.47. The molecule has 4 saturated carbocycles. The molecule has 0 radical (unpaired) electrons. The standard InChI is InChI=1S/C32H48N2O5/c1-18(8-11-29(39)34-22-7-5-6-21(16-22)33-19(2)35)24-9-10-25-30-26(17-28(38)32(24,25)4)31(3)13-12-23(36)14-20(31)15-27(30)37/h5-7,16,18,20,23-28,30,36-38H,8-15,17H2,1-4H3,(H,33,35)(H,34,39). The fourth-order valence-corrected chi connectivity index (χ4v) is 9.79. The third-order valence-corrected chi connectivity index (χ3v) is 11.8. The van der Waals surface area contributed by atoms with Crippen LogP contribution in [0.2, 0.25) is 0 Å². The first kappa shape index (κ1) is 28.6. The average Bonchev–Trinajstić information content (AvgIpc) is 3.22. The van der Waals surface area contributed by atoms with Gasteiger partial charge in [0.1, 0.15) is 0 Å². The third kappa shape index (κ3) is 5.15. The van der Waals surface area contributed by atoms with Gasteiger partial charge in [-0.2, -0.15) is 0 Å². The van der Waals surface area contributed by atoms with Crippen LogP contribution in [0, 0.1) is 46.3 Å². The summed E-state index contributed by atoms with van der Waals surface area (Å²) in [7, 11) is 0. The van der Waals surface area contributed by atoms with E-state index >= 15 is 0 Å². The molecule has 2 amide bonds. The van der Waals surface area contributed by atoms with Crippen molar-refractivity contribution in [2.45, 2.75) is 104 Å². The number of carbonyl (C=O) groups excluding carboxylic acids is 2. The lowest BCUT2D eigenvalue weighted by Crippen LogP contribution is -2.62. The van der Waals surface area contributed by atoms with E-state index in [1.807, 2.05) is 6.07 Å². The van der Waals surface area contributed by atoms with Crippen LogP contribution in [0.1, 0.15) is 85.5 Å². The molecular weight excluding hydrogens is 492 g/mol. The van der Waals surface area contributed by atoms with Crippen molar-refractivity contribution in [3.63, 3.8) is 0 Å². The fourth-order valence-electron chi connectivity index (χ4n) is 9.79. The van der Waals surface area contributed by atoms with Crippen molar-refractivity contribution in [1.29, 1.82) is 0 Å². The lowest BCUT2D eigenvalue weighted by atomic mass is 9.43. The van der Waals surface area contributed by atoms with Crippen LogP contribution in [0.3, 0.4) is 0 Å². The van der Waals surface area contributed by atoms with Gasteiger partial charge in [0.05, 0.1) is 18.3 Å². The lowest BCUT2D eigenvalue weighted by molar-refractivity contribution is -0.207. The smallest absolute Gasteiger partial charge is 0.224 e. The topological polar surface area (TPSA) is 119 Å². The molecule has 11 atom stereocenters. The molecule has 1 aromatic carbocycles. The van der Waals surface area contributed by atoms with Gasteiger partial charge >= 0.3 is 0 Å². The fraction of sp³-hybridized carbons (Fsp3) is 0.750. The number of hydrogen-bond acceptors (Lipinski definition) is 5. The molecule has 0 spiro atoms. The zero-order valence-corrected chi connectivity index (χ0v) is 24.0. The van der Waals surface area contributed by atoms with Crippen LogP contribution in [-0.4, -0.2) is 45.4 Å². The minimum absolute atomic E-state index is 0.0491. The van der Waals surface area contributed by atoms with E-state index in [4.69, 9.17) is 0 Å². The highest BCUT2D eigenvalue weighted by molar-refractivity contribution is 5.93. The second-order valence-electron chi connectivity index (χ2n) is 13.9. The molecule has 11 unspecified atom stereocenters. The van der Waals surface area contributed by atoms with Gasteiger partial charge < -0.3 is 26.0 Å². The molecule has 0 aromatic heterocycles. The molecular formula is C32H48N2O5. The van der Waals surface area contributed by atoms with Crippen molar-refractivity contribution >= 4 is 23.2 Å². The number of aliphatic hydroxyl groups excluding tert-OH is 3. The van der Waals surface area contributed by atoms with Crippen LogP contribution in [0.4, 0.5) is 11.4 Å². The number of amides is 2. The van der Waals surface area contributed by atoms with E-state index in [-0.39, 0.29) is 52.6 Å². The largest absolute Gasteiger partial charge is 0.393 e. The maximum Gasteiger partial charge on any atom is 0.224 e. The number of nitrogens with one attached hydrogen (secondary N) is 2. The number of benzene rings is 1. The molecule has 0 aliphatic heterocycles. The third-order valence-electron chi connectivity index (χ3n) is 11.8. The van der Waals surface area contributed by atoms with E-state index in [1.54, 1.807) is 18.2 Å². The number of fused-ring (bicyclic) bond motifs is 5. The summed E-state index contributed by atoms with van der Waals surface area (Å²) >= 11 is 0. The molecule has 0 bridgehead atoms. The van der Waals surface area contributed by atoms with Crippen molar-refractivity contribution in [1.82, 2.24) is 0 Å². The summed E-state index contributed by atoms with van der Waals surface area (Å²) in [6.07, 6.45) is 6.19. The Balaban J connectivity index is 1.24. The average molecular weight is 541 g/mol. The molecule has 4 fully saturated rings. The van der Waals surface area contributed by atoms with Gasteiger partial charge in [-0.3, -0.25) is 9.59 Å². The molecule has 1 aromatic rings. The van der Waals surface area contributed by atoms with Crippen molar-refractivity contribution < 1.29 is 24.9 Å². The zero-order valence-electron chi connectivity index (χ0n) is 24.0. The maximum atomic E-state index is 12.8. The summed E-state index contributed by atoms with van der Waals surface area (Å²) in [6.45, 7) is 8.30. The van der Waals surface area contributed by atoms with Gasteiger partial charge in [-0.1, -0.05) is 26.8 Å². The maximum absolute atomic E-state index is 12.8. The first-order valence-electron chi connectivity index (χ1n) is 15.1. The van der Waals surface area contributed by atoms with E-state index in [0.717, 1.165) is 51.4 Å². The van der Waals surface area contributed by atoms with Crippen LogP contribution in [0.25, 0.3) is 0 Å². The normalized spacial score (nSPS) is 42.0. The molecule has 5 rings (SSSR count). The molecule has 7 nitrogen and oxygen atoms in total. The SMILES string of the molecule is CC(=O)Nc1cccc(NC(=O)CCC(C)C2CCC3C4C(O)CC5CC(O)CCC5(C)C4CC(O)C23C)c1. The van der Waals surface area contributed by atoms with Crippen LogP contribution < -0.4 is 10.6 Å². The first-order valence-corrected chi connectivity index (χ1v) is 15.1. The Hall–Kier alpha value is -1.96. The summed E-state index contributed by atoms with van der Waals surface area (Å²) in [4.78, 5) is 24.2. The first-order chi connectivity index (χ1) is 18.4. The van der Waals surface area contributed by atoms with E-state index in [2.05, 4.69) is 31.4 Å². The van der Waals surface area contributed by atoms with Gasteiger partial charge in [0.2, 0.25) is 11.8 Å². The Kier molecular flexibility index (Phi) is 7.90. The zero-order chi connectivity index (χ0) is 28.1. The molecule has 0 heterocycles. The number of rotatable bonds is 6. The summed E-state index contributed by atoms with van der Waals surface area (Å²) < 4.78 is 0. The second-order valence-corrected chi connectivity index (χ2v) is 13.9. The number of hydrogen-bond donors (Lipinski definition) is 5. The minimum Gasteiger partial charge on any atom is -0.393 e. The molecule has 39 heavy (non-hydrogen) atoms. The molecule has 4 aliphatic carbocycles. The predicted molar refractivity (Wildman–Crippen MR) is 152 cm³/mol. The minimum atomic E-state index is -0.418. The van der Waals surface area contributed by atoms with Gasteiger partial charge in [-0.25, -0.2) is 0 Å². The Morgan fingerprint density at radius 3 is 2.44 bits per heavy atom. The summed E-state index contributed by atoms with van der Waals surface area (Å²) in [6, 6.07) is 7.17. The molecule has 7 heteroatoms. The van der Waals surface area contributed by atoms with Crippen molar-refractivity contribution in [2.75, 3.05) is 10.6 Å². The second kappa shape index (κ2) is 10.8. The lowest BCUT2D eigenvalue weighted by Gasteiger charge is -2.63. The monoisotopic (exact) mass is 540 g/mol. The summed E-state index contributed by atoms with van der Waals surface area (Å²) in [5.41, 5.74) is 1.12. The highest BCUT2D eigenvalue weighted by Gasteiger charge is 2.65. The van der Waals surface area contributed by atoms with Crippen molar-refractivity contribution in [3.8, 4) is 0 Å². The molecule has 5 N–H and O–H groups in total. The number of aliphatic hydroxyl groups is 3. The van der Waals surface area contributed by atoms with E-state index in [9.17, 15) is 24.9 Å². The van der Waals surface area contributed by atoms with Crippen LogP contribution in [0.5, 0.6) is 0 Å². The van der Waals surface area contributed by atoms with Gasteiger partial charge in [-0.05, 0) is 116 Å². The quantitative estimate of drug-likeness (QED) is 0.349. The highest BCUT2D eigenvalue weighted by atomic mass is 16.3. The van der Waals surface area contributed by atoms with Gasteiger partial charge in [-0.15, -0.1) is 0 Å². The van der Waals surface area contributed by atoms with Gasteiger partial charge in [0, 0.05) is 24.7 Å². The molecule has 4 aliphatic rings. The number of carbonyl (C=O) groups is 2. The summed E-state index contributed by atoms with van der Waals surface area (Å²) in [5, 5.41) is 39.2. The van der Waals surface area contributed by atoms with E-state index in [1.165, 1.54) is 6.92 Å². The van der Waals surface area contributed by atoms with Crippen LogP contribution in [0.15, 0.2) is 24.3 Å². The van der Waals surface area contributed by atoms with E-state index < -0.39 is 6.10 Å². The van der Waals surface area contributed by atoms with Crippen LogP contribution >= 0.6 is 0 Å². The van der Waals surface area contributed by atoms with Crippen molar-refractivity contribution in [2.24, 2.45) is 46.3 Å². The molecule has 216 valence electrons. The van der Waals surface area contributed by atoms with Gasteiger partial charge in [0.15, 0.2) is 0 Å². The predicted octanol–water partition coefficient (Wildman–Crippen LogP) is 4.96. The Morgan fingerprint density at radius 1 is 1.00 bits per heavy atom. The Morgan fingerprint density at radius 2 is 1.72 bits per heavy atom. The van der Waals surface area contributed by atoms with Crippen molar-refractivity contribution in [3.05, 3.63) is 24.3 Å². The number of anilines is 2.